The van der Waals surface area contributed by atoms with E-state index < -0.39 is 11.7 Å². The molecule has 2 rings (SSSR count). The van der Waals surface area contributed by atoms with Gasteiger partial charge in [-0.15, -0.1) is 11.8 Å². The van der Waals surface area contributed by atoms with Crippen molar-refractivity contribution in [3.05, 3.63) is 54.1 Å². The minimum absolute atomic E-state index is 0.223. The Morgan fingerprint density at radius 3 is 2.33 bits per heavy atom. The molecule has 0 nitrogen and oxygen atoms in total. The van der Waals surface area contributed by atoms with Crippen LogP contribution in [0, 0.1) is 0 Å². The van der Waals surface area contributed by atoms with Crippen molar-refractivity contribution >= 4 is 11.8 Å². The van der Waals surface area contributed by atoms with Crippen molar-refractivity contribution in [1.82, 2.24) is 0 Å². The summed E-state index contributed by atoms with van der Waals surface area (Å²) in [5, 5.41) is 0. The maximum atomic E-state index is 12.9. The second-order valence-electron chi connectivity index (χ2n) is 3.78. The van der Waals surface area contributed by atoms with Gasteiger partial charge in [0.05, 0.1) is 5.56 Å². The predicted octanol–water partition coefficient (Wildman–Crippen LogP) is 5.09. The molecular weight excluding hydrogens is 257 g/mol. The molecule has 0 saturated heterocycles. The highest BCUT2D eigenvalue weighted by molar-refractivity contribution is 7.98. The van der Waals surface area contributed by atoms with Gasteiger partial charge in [-0.25, -0.2) is 0 Å². The van der Waals surface area contributed by atoms with E-state index in [0.29, 0.717) is 5.56 Å². The fourth-order valence-electron chi connectivity index (χ4n) is 1.77. The van der Waals surface area contributed by atoms with Gasteiger partial charge >= 0.3 is 6.18 Å². The Hall–Kier alpha value is -1.42. The third kappa shape index (κ3) is 2.70. The number of hydrogen-bond donors (Lipinski definition) is 0. The van der Waals surface area contributed by atoms with Crippen molar-refractivity contribution < 1.29 is 13.2 Å². The lowest BCUT2D eigenvalue weighted by molar-refractivity contribution is -0.137. The highest BCUT2D eigenvalue weighted by Gasteiger charge is 2.33. The van der Waals surface area contributed by atoms with Gasteiger partial charge in [-0.2, -0.15) is 13.2 Å². The Morgan fingerprint density at radius 1 is 0.944 bits per heavy atom. The Kier molecular flexibility index (Phi) is 3.66. The van der Waals surface area contributed by atoms with Gasteiger partial charge in [0, 0.05) is 4.90 Å². The summed E-state index contributed by atoms with van der Waals surface area (Å²) < 4.78 is 38.7. The maximum Gasteiger partial charge on any atom is 0.417 e. The molecule has 0 aliphatic carbocycles. The molecular formula is C14H11F3S. The molecule has 0 aliphatic rings. The summed E-state index contributed by atoms with van der Waals surface area (Å²) in [5.74, 6) is 0. The van der Waals surface area contributed by atoms with Crippen LogP contribution in [-0.4, -0.2) is 6.26 Å². The summed E-state index contributed by atoms with van der Waals surface area (Å²) in [6.07, 6.45) is -2.43. The van der Waals surface area contributed by atoms with E-state index in [1.807, 2.05) is 12.3 Å². The van der Waals surface area contributed by atoms with E-state index in [0.717, 1.165) is 11.0 Å². The number of thioether (sulfide) groups is 1. The number of halogens is 3. The van der Waals surface area contributed by atoms with Crippen LogP contribution in [-0.2, 0) is 6.18 Å². The van der Waals surface area contributed by atoms with Crippen LogP contribution in [0.25, 0.3) is 11.1 Å². The third-order valence-corrected chi connectivity index (χ3v) is 3.34. The zero-order valence-corrected chi connectivity index (χ0v) is 10.5. The van der Waals surface area contributed by atoms with Gasteiger partial charge in [-0.3, -0.25) is 0 Å². The number of rotatable bonds is 2. The molecule has 0 aromatic heterocycles. The minimum atomic E-state index is -4.33. The molecule has 0 unspecified atom stereocenters. The molecule has 0 amide bonds. The molecule has 2 aromatic rings. The van der Waals surface area contributed by atoms with Crippen molar-refractivity contribution in [2.24, 2.45) is 0 Å². The van der Waals surface area contributed by atoms with Crippen LogP contribution in [0.1, 0.15) is 5.56 Å². The van der Waals surface area contributed by atoms with Crippen molar-refractivity contribution in [1.29, 1.82) is 0 Å². The van der Waals surface area contributed by atoms with Crippen LogP contribution >= 0.6 is 11.8 Å². The average Bonchev–Trinajstić information content (AvgIpc) is 2.38. The van der Waals surface area contributed by atoms with Gasteiger partial charge < -0.3 is 0 Å². The Morgan fingerprint density at radius 2 is 1.67 bits per heavy atom. The summed E-state index contributed by atoms with van der Waals surface area (Å²) in [7, 11) is 0. The van der Waals surface area contributed by atoms with Crippen molar-refractivity contribution in [2.45, 2.75) is 11.1 Å². The monoisotopic (exact) mass is 268 g/mol. The highest BCUT2D eigenvalue weighted by atomic mass is 32.2. The predicted molar refractivity (Wildman–Crippen MR) is 68.7 cm³/mol. The van der Waals surface area contributed by atoms with Gasteiger partial charge in [0.15, 0.2) is 0 Å². The summed E-state index contributed by atoms with van der Waals surface area (Å²) in [4.78, 5) is 0.949. The molecule has 94 valence electrons. The highest BCUT2D eigenvalue weighted by Crippen LogP contribution is 2.37. The normalized spacial score (nSPS) is 11.6. The first-order valence-corrected chi connectivity index (χ1v) is 6.55. The first kappa shape index (κ1) is 13.0. The van der Waals surface area contributed by atoms with E-state index in [1.165, 1.54) is 23.9 Å². The van der Waals surface area contributed by atoms with Gasteiger partial charge in [-0.1, -0.05) is 30.3 Å². The van der Waals surface area contributed by atoms with Crippen LogP contribution in [0.3, 0.4) is 0 Å². The second kappa shape index (κ2) is 5.06. The van der Waals surface area contributed by atoms with Gasteiger partial charge in [0.25, 0.3) is 0 Å². The van der Waals surface area contributed by atoms with Crippen molar-refractivity contribution in [3.63, 3.8) is 0 Å². The van der Waals surface area contributed by atoms with Crippen LogP contribution in [0.5, 0.6) is 0 Å². The molecule has 0 fully saturated rings. The van der Waals surface area contributed by atoms with Crippen molar-refractivity contribution in [3.8, 4) is 11.1 Å². The zero-order chi connectivity index (χ0) is 13.2. The molecule has 0 N–H and O–H groups in total. The molecule has 0 saturated carbocycles. The van der Waals surface area contributed by atoms with E-state index in [4.69, 9.17) is 0 Å². The van der Waals surface area contributed by atoms with Crippen LogP contribution < -0.4 is 0 Å². The molecule has 0 bridgehead atoms. The topological polar surface area (TPSA) is 0 Å². The third-order valence-electron chi connectivity index (χ3n) is 2.61. The van der Waals surface area contributed by atoms with Crippen LogP contribution in [0.4, 0.5) is 13.2 Å². The number of alkyl halides is 3. The van der Waals surface area contributed by atoms with E-state index >= 15 is 0 Å². The van der Waals surface area contributed by atoms with Gasteiger partial charge in [0.1, 0.15) is 0 Å². The zero-order valence-electron chi connectivity index (χ0n) is 9.66. The molecule has 4 heteroatoms. The second-order valence-corrected chi connectivity index (χ2v) is 4.65. The lowest BCUT2D eigenvalue weighted by Crippen LogP contribution is -2.06. The quantitative estimate of drug-likeness (QED) is 0.683. The lowest BCUT2D eigenvalue weighted by Gasteiger charge is -2.13. The van der Waals surface area contributed by atoms with Gasteiger partial charge in [-0.05, 0) is 35.6 Å². The first-order chi connectivity index (χ1) is 8.52. The Balaban J connectivity index is 2.57. The lowest BCUT2D eigenvalue weighted by atomic mass is 9.99. The smallest absolute Gasteiger partial charge is 0.166 e. The van der Waals surface area contributed by atoms with E-state index in [-0.39, 0.29) is 5.56 Å². The fourth-order valence-corrected chi connectivity index (χ4v) is 2.23. The maximum absolute atomic E-state index is 12.9. The minimum Gasteiger partial charge on any atom is -0.166 e. The largest absolute Gasteiger partial charge is 0.417 e. The molecule has 0 aliphatic heterocycles. The molecule has 0 radical (unpaired) electrons. The fraction of sp³-hybridized carbons (Fsp3) is 0.143. The average molecular weight is 268 g/mol. The summed E-state index contributed by atoms with van der Waals surface area (Å²) >= 11 is 1.51. The first-order valence-electron chi connectivity index (χ1n) is 5.33. The summed E-state index contributed by atoms with van der Waals surface area (Å²) in [6.45, 7) is 0. The molecule has 18 heavy (non-hydrogen) atoms. The SMILES string of the molecule is CSc1cccc(-c2ccccc2C(F)(F)F)c1. The Bertz CT molecular complexity index is 547. The standard InChI is InChI=1S/C14H11F3S/c1-18-11-6-4-5-10(9-11)12-7-2-3-8-13(12)14(15,16)17/h2-9H,1H3. The number of benzene rings is 2. The summed E-state index contributed by atoms with van der Waals surface area (Å²) in [6, 6.07) is 12.8. The molecule has 2 aromatic carbocycles. The van der Waals surface area contributed by atoms with Gasteiger partial charge in [0.2, 0.25) is 0 Å². The van der Waals surface area contributed by atoms with Crippen LogP contribution in [0.15, 0.2) is 53.4 Å². The summed E-state index contributed by atoms with van der Waals surface area (Å²) in [5.41, 5.74) is 0.221. The Labute approximate surface area is 108 Å². The molecule has 0 atom stereocenters. The molecule has 0 heterocycles. The van der Waals surface area contributed by atoms with Crippen LogP contribution in [0.2, 0.25) is 0 Å². The van der Waals surface area contributed by atoms with E-state index in [9.17, 15) is 13.2 Å². The number of hydrogen-bond acceptors (Lipinski definition) is 1. The van der Waals surface area contributed by atoms with E-state index in [1.54, 1.807) is 24.3 Å². The molecule has 0 spiro atoms. The van der Waals surface area contributed by atoms with Crippen molar-refractivity contribution in [2.75, 3.05) is 6.26 Å². The van der Waals surface area contributed by atoms with E-state index in [2.05, 4.69) is 0 Å².